The lowest BCUT2D eigenvalue weighted by Crippen LogP contribution is -2.39. The normalized spacial score (nSPS) is 11.6. The number of aromatic amines is 2. The van der Waals surface area contributed by atoms with Crippen LogP contribution < -0.4 is 5.69 Å². The van der Waals surface area contributed by atoms with Gasteiger partial charge in [0.1, 0.15) is 12.2 Å². The number of imidazole rings is 1. The van der Waals surface area contributed by atoms with E-state index in [0.717, 1.165) is 0 Å². The highest BCUT2D eigenvalue weighted by Gasteiger charge is 2.33. The number of carbonyl (C=O) groups is 1. The van der Waals surface area contributed by atoms with Gasteiger partial charge < -0.3 is 9.88 Å². The molecule has 2 rings (SSSR count). The predicted molar refractivity (Wildman–Crippen MR) is 68.9 cm³/mol. The molecule has 0 radical (unpaired) electrons. The van der Waals surface area contributed by atoms with Crippen LogP contribution in [-0.2, 0) is 0 Å². The average molecular weight is 300 g/mol. The van der Waals surface area contributed by atoms with Gasteiger partial charge in [-0.3, -0.25) is 9.78 Å². The summed E-state index contributed by atoms with van der Waals surface area (Å²) in [7, 11) is 0. The Hall–Kier alpha value is -2.58. The third-order valence-corrected chi connectivity index (χ3v) is 2.60. The first-order valence-corrected chi connectivity index (χ1v) is 5.86. The quantitative estimate of drug-likeness (QED) is 0.838. The SMILES string of the molecule is C=CCN(CC(F)(F)F)C(=O)c1ccc2[nH]c(=O)[nH]c2n1. The van der Waals surface area contributed by atoms with Crippen LogP contribution in [0.4, 0.5) is 13.2 Å². The predicted octanol–water partition coefficient (Wildman–Crippen LogP) is 1.44. The Morgan fingerprint density at radius 2 is 2.10 bits per heavy atom. The number of rotatable bonds is 4. The van der Waals surface area contributed by atoms with Crippen molar-refractivity contribution in [2.45, 2.75) is 6.18 Å². The molecule has 1 amide bonds. The molecule has 0 unspecified atom stereocenters. The van der Waals surface area contributed by atoms with Gasteiger partial charge in [0.15, 0.2) is 5.65 Å². The van der Waals surface area contributed by atoms with E-state index in [1.807, 2.05) is 0 Å². The minimum Gasteiger partial charge on any atom is -0.324 e. The first-order chi connectivity index (χ1) is 9.80. The second-order valence-corrected chi connectivity index (χ2v) is 4.26. The van der Waals surface area contributed by atoms with Gasteiger partial charge in [-0.15, -0.1) is 6.58 Å². The van der Waals surface area contributed by atoms with Crippen LogP contribution in [0.1, 0.15) is 10.5 Å². The Balaban J connectivity index is 2.33. The summed E-state index contributed by atoms with van der Waals surface area (Å²) in [5.74, 6) is -0.892. The Labute approximate surface area is 116 Å². The molecular formula is C12H11F3N4O2. The molecule has 0 bridgehead atoms. The molecule has 6 nitrogen and oxygen atoms in total. The second-order valence-electron chi connectivity index (χ2n) is 4.26. The minimum absolute atomic E-state index is 0.108. The highest BCUT2D eigenvalue weighted by atomic mass is 19.4. The molecule has 9 heteroatoms. The topological polar surface area (TPSA) is 81.9 Å². The highest BCUT2D eigenvalue weighted by molar-refractivity contribution is 5.94. The number of nitrogens with zero attached hydrogens (tertiary/aromatic N) is 2. The summed E-state index contributed by atoms with van der Waals surface area (Å²) in [6, 6.07) is 2.65. The van der Waals surface area contributed by atoms with Crippen LogP contribution in [0, 0.1) is 0 Å². The van der Waals surface area contributed by atoms with E-state index >= 15 is 0 Å². The van der Waals surface area contributed by atoms with Crippen molar-refractivity contribution in [2.24, 2.45) is 0 Å². The van der Waals surface area contributed by atoms with Crippen LogP contribution in [0.5, 0.6) is 0 Å². The summed E-state index contributed by atoms with van der Waals surface area (Å²) >= 11 is 0. The summed E-state index contributed by atoms with van der Waals surface area (Å²) in [4.78, 5) is 32.3. The smallest absolute Gasteiger partial charge is 0.324 e. The van der Waals surface area contributed by atoms with Crippen molar-refractivity contribution in [3.05, 3.63) is 41.0 Å². The molecule has 0 aromatic carbocycles. The van der Waals surface area contributed by atoms with E-state index in [1.54, 1.807) is 0 Å². The van der Waals surface area contributed by atoms with Gasteiger partial charge in [-0.1, -0.05) is 6.08 Å². The minimum atomic E-state index is -4.52. The van der Waals surface area contributed by atoms with Crippen molar-refractivity contribution < 1.29 is 18.0 Å². The van der Waals surface area contributed by atoms with E-state index in [-0.39, 0.29) is 17.9 Å². The van der Waals surface area contributed by atoms with Crippen LogP contribution >= 0.6 is 0 Å². The van der Waals surface area contributed by atoms with Crippen molar-refractivity contribution in [3.63, 3.8) is 0 Å². The van der Waals surface area contributed by atoms with E-state index < -0.39 is 24.3 Å². The fraction of sp³-hybridized carbons (Fsp3) is 0.250. The Kier molecular flexibility index (Phi) is 3.83. The molecule has 112 valence electrons. The highest BCUT2D eigenvalue weighted by Crippen LogP contribution is 2.18. The molecular weight excluding hydrogens is 289 g/mol. The number of nitrogens with one attached hydrogen (secondary N) is 2. The maximum atomic E-state index is 12.5. The third kappa shape index (κ3) is 3.50. The van der Waals surface area contributed by atoms with Crippen LogP contribution in [0.2, 0.25) is 0 Å². The van der Waals surface area contributed by atoms with Crippen LogP contribution in [-0.4, -0.2) is 45.0 Å². The van der Waals surface area contributed by atoms with Crippen molar-refractivity contribution >= 4 is 17.1 Å². The first-order valence-electron chi connectivity index (χ1n) is 5.86. The number of hydrogen-bond donors (Lipinski definition) is 2. The van der Waals surface area contributed by atoms with Crippen molar-refractivity contribution in [3.8, 4) is 0 Å². The number of fused-ring (bicyclic) bond motifs is 1. The van der Waals surface area contributed by atoms with Crippen LogP contribution in [0.3, 0.4) is 0 Å². The van der Waals surface area contributed by atoms with Crippen molar-refractivity contribution in [1.82, 2.24) is 19.9 Å². The molecule has 0 atom stereocenters. The number of amides is 1. The van der Waals surface area contributed by atoms with Gasteiger partial charge in [0, 0.05) is 6.54 Å². The number of H-pyrrole nitrogens is 2. The third-order valence-electron chi connectivity index (χ3n) is 2.60. The van der Waals surface area contributed by atoms with E-state index in [9.17, 15) is 22.8 Å². The lowest BCUT2D eigenvalue weighted by molar-refractivity contribution is -0.139. The van der Waals surface area contributed by atoms with E-state index in [4.69, 9.17) is 0 Å². The molecule has 0 aliphatic carbocycles. The molecule has 2 aromatic rings. The van der Waals surface area contributed by atoms with Crippen molar-refractivity contribution in [1.29, 1.82) is 0 Å². The van der Waals surface area contributed by atoms with Crippen LogP contribution in [0.25, 0.3) is 11.2 Å². The lowest BCUT2D eigenvalue weighted by atomic mass is 10.3. The van der Waals surface area contributed by atoms with Gasteiger partial charge in [-0.05, 0) is 12.1 Å². The molecule has 0 aliphatic heterocycles. The summed E-state index contributed by atoms with van der Waals surface area (Å²) in [5, 5.41) is 0. The number of aromatic nitrogens is 3. The number of pyridine rings is 1. The molecule has 0 spiro atoms. The second kappa shape index (κ2) is 5.43. The van der Waals surface area contributed by atoms with Gasteiger partial charge in [0.05, 0.1) is 5.52 Å². The fourth-order valence-corrected chi connectivity index (χ4v) is 1.79. The zero-order valence-corrected chi connectivity index (χ0v) is 10.7. The lowest BCUT2D eigenvalue weighted by Gasteiger charge is -2.22. The standard InChI is InChI=1S/C12H11F3N4O2/c1-2-5-19(6-12(13,14)15)10(20)8-4-3-7-9(16-8)18-11(21)17-7/h2-4H,1,5-6H2,(H2,16,17,18,21). The Morgan fingerprint density at radius 1 is 1.38 bits per heavy atom. The van der Waals surface area contributed by atoms with E-state index in [2.05, 4.69) is 21.5 Å². The largest absolute Gasteiger partial charge is 0.406 e. The maximum Gasteiger partial charge on any atom is 0.406 e. The molecule has 2 aromatic heterocycles. The summed E-state index contributed by atoms with van der Waals surface area (Å²) in [6.45, 7) is 1.66. The molecule has 21 heavy (non-hydrogen) atoms. The van der Waals surface area contributed by atoms with Crippen LogP contribution in [0.15, 0.2) is 29.6 Å². The van der Waals surface area contributed by atoms with Gasteiger partial charge in [0.25, 0.3) is 5.91 Å². The summed E-state index contributed by atoms with van der Waals surface area (Å²) < 4.78 is 37.4. The van der Waals surface area contributed by atoms with E-state index in [1.165, 1.54) is 18.2 Å². The summed E-state index contributed by atoms with van der Waals surface area (Å²) in [6.07, 6.45) is -3.33. The molecule has 2 heterocycles. The average Bonchev–Trinajstić information content (AvgIpc) is 2.74. The zero-order chi connectivity index (χ0) is 15.6. The molecule has 0 saturated carbocycles. The van der Waals surface area contributed by atoms with E-state index in [0.29, 0.717) is 10.4 Å². The van der Waals surface area contributed by atoms with Gasteiger partial charge in [-0.2, -0.15) is 13.2 Å². The summed E-state index contributed by atoms with van der Waals surface area (Å²) in [5.41, 5.74) is -0.233. The zero-order valence-electron chi connectivity index (χ0n) is 10.7. The van der Waals surface area contributed by atoms with Gasteiger partial charge in [-0.25, -0.2) is 9.78 Å². The molecule has 0 aliphatic rings. The van der Waals surface area contributed by atoms with Gasteiger partial charge in [0.2, 0.25) is 0 Å². The molecule has 0 saturated heterocycles. The van der Waals surface area contributed by atoms with Crippen molar-refractivity contribution in [2.75, 3.05) is 13.1 Å². The Bertz CT molecular complexity index is 732. The Morgan fingerprint density at radius 3 is 2.71 bits per heavy atom. The van der Waals surface area contributed by atoms with Gasteiger partial charge >= 0.3 is 11.9 Å². The number of halogens is 3. The molecule has 2 N–H and O–H groups in total. The number of hydrogen-bond acceptors (Lipinski definition) is 3. The number of carbonyl (C=O) groups excluding carboxylic acids is 1. The molecule has 0 fully saturated rings. The number of alkyl halides is 3. The monoisotopic (exact) mass is 300 g/mol. The fourth-order valence-electron chi connectivity index (χ4n) is 1.79. The maximum absolute atomic E-state index is 12.5. The first kappa shape index (κ1) is 14.8.